The van der Waals surface area contributed by atoms with Crippen molar-refractivity contribution in [2.24, 2.45) is 0 Å². The molecule has 0 spiro atoms. The fraction of sp³-hybridized carbons (Fsp3) is 0.900. The highest BCUT2D eigenvalue weighted by molar-refractivity contribution is 4.79. The zero-order valence-corrected chi connectivity index (χ0v) is 9.64. The first-order valence-electron chi connectivity index (χ1n) is 5.00. The van der Waals surface area contributed by atoms with Crippen LogP contribution in [0.2, 0.25) is 0 Å². The number of aliphatic hydroxyl groups is 2. The maximum absolute atomic E-state index is 8.72. The Kier molecular flexibility index (Phi) is 14.9. The molecule has 0 aliphatic heterocycles. The molecule has 0 aromatic rings. The molecule has 0 aromatic carbocycles. The van der Waals surface area contributed by atoms with Crippen molar-refractivity contribution in [1.29, 1.82) is 5.26 Å². The van der Waals surface area contributed by atoms with E-state index in [1.54, 1.807) is 6.92 Å². The normalized spacial score (nSPS) is 13.3. The summed E-state index contributed by atoms with van der Waals surface area (Å²) in [4.78, 5) is 0. The molecule has 0 fully saturated rings. The van der Waals surface area contributed by atoms with E-state index in [9.17, 15) is 0 Å². The lowest BCUT2D eigenvalue weighted by atomic mass is 10.4. The summed E-state index contributed by atoms with van der Waals surface area (Å²) in [5, 5.41) is 25.2. The van der Waals surface area contributed by atoms with Crippen molar-refractivity contribution in [3.05, 3.63) is 0 Å². The number of nitrogens with zero attached hydrogens (tertiary/aromatic N) is 1. The van der Waals surface area contributed by atoms with Gasteiger partial charge in [0.1, 0.15) is 12.2 Å². The summed E-state index contributed by atoms with van der Waals surface area (Å²) in [5.41, 5.74) is 0. The summed E-state index contributed by atoms with van der Waals surface area (Å²) in [6, 6.07) is 1.83. The molecule has 15 heavy (non-hydrogen) atoms. The standard InChI is InChI=1S/C6H11NO3.C4H10O/c1-5(2-7)10-4-6(9)3-8;1-3-5-4-2/h5-6,8-9H,3-4H2,1H3;3-4H2,1-2H3. The molecule has 0 heterocycles. The van der Waals surface area contributed by atoms with E-state index in [0.29, 0.717) is 0 Å². The van der Waals surface area contributed by atoms with Crippen LogP contribution < -0.4 is 0 Å². The summed E-state index contributed by atoms with van der Waals surface area (Å²) >= 11 is 0. The Morgan fingerprint density at radius 2 is 1.87 bits per heavy atom. The number of rotatable bonds is 6. The molecule has 0 bridgehead atoms. The largest absolute Gasteiger partial charge is 0.394 e. The fourth-order valence-electron chi connectivity index (χ4n) is 0.550. The van der Waals surface area contributed by atoms with Crippen molar-refractivity contribution in [1.82, 2.24) is 0 Å². The smallest absolute Gasteiger partial charge is 0.141 e. The van der Waals surface area contributed by atoms with Gasteiger partial charge in [-0.05, 0) is 20.8 Å². The first-order valence-corrected chi connectivity index (χ1v) is 5.00. The molecule has 2 atom stereocenters. The Morgan fingerprint density at radius 3 is 2.13 bits per heavy atom. The monoisotopic (exact) mass is 219 g/mol. The molecule has 0 aromatic heterocycles. The van der Waals surface area contributed by atoms with Crippen LogP contribution in [0.3, 0.4) is 0 Å². The molecule has 5 nitrogen and oxygen atoms in total. The lowest BCUT2D eigenvalue weighted by molar-refractivity contribution is -0.00675. The van der Waals surface area contributed by atoms with Gasteiger partial charge in [-0.2, -0.15) is 5.26 Å². The number of ether oxygens (including phenoxy) is 2. The number of hydrogen-bond donors (Lipinski definition) is 2. The van der Waals surface area contributed by atoms with Gasteiger partial charge in [-0.25, -0.2) is 0 Å². The molecule has 0 saturated carbocycles. The van der Waals surface area contributed by atoms with Gasteiger partial charge >= 0.3 is 0 Å². The summed E-state index contributed by atoms with van der Waals surface area (Å²) in [5.74, 6) is 0. The summed E-state index contributed by atoms with van der Waals surface area (Å²) in [6.45, 7) is 6.91. The van der Waals surface area contributed by atoms with Crippen LogP contribution in [0, 0.1) is 11.3 Å². The van der Waals surface area contributed by atoms with Gasteiger partial charge in [0.2, 0.25) is 0 Å². The molecule has 2 N–H and O–H groups in total. The van der Waals surface area contributed by atoms with E-state index in [1.807, 2.05) is 19.9 Å². The Labute approximate surface area is 91.2 Å². The van der Waals surface area contributed by atoms with Crippen molar-refractivity contribution < 1.29 is 19.7 Å². The first kappa shape index (κ1) is 16.7. The highest BCUT2D eigenvalue weighted by atomic mass is 16.5. The molecule has 90 valence electrons. The van der Waals surface area contributed by atoms with E-state index in [2.05, 4.69) is 0 Å². The third-order valence-corrected chi connectivity index (χ3v) is 1.34. The molecular weight excluding hydrogens is 198 g/mol. The van der Waals surface area contributed by atoms with Crippen LogP contribution >= 0.6 is 0 Å². The van der Waals surface area contributed by atoms with E-state index >= 15 is 0 Å². The molecule has 5 heteroatoms. The Hall–Kier alpha value is -0.670. The van der Waals surface area contributed by atoms with Crippen LogP contribution in [0.5, 0.6) is 0 Å². The first-order chi connectivity index (χ1) is 7.12. The molecule has 0 radical (unpaired) electrons. The van der Waals surface area contributed by atoms with Crippen molar-refractivity contribution in [3.63, 3.8) is 0 Å². The maximum Gasteiger partial charge on any atom is 0.141 e. The summed E-state index contributed by atoms with van der Waals surface area (Å²) in [7, 11) is 0. The third kappa shape index (κ3) is 16.0. The molecule has 2 unspecified atom stereocenters. The number of hydrogen-bond acceptors (Lipinski definition) is 5. The van der Waals surface area contributed by atoms with Gasteiger partial charge in [-0.1, -0.05) is 0 Å². The second-order valence-electron chi connectivity index (χ2n) is 2.72. The predicted molar refractivity (Wildman–Crippen MR) is 56.3 cm³/mol. The van der Waals surface area contributed by atoms with Crippen LogP contribution in [0.4, 0.5) is 0 Å². The van der Waals surface area contributed by atoms with Gasteiger partial charge in [0, 0.05) is 13.2 Å². The minimum absolute atomic E-state index is 0.00519. The molecule has 0 rings (SSSR count). The highest BCUT2D eigenvalue weighted by Crippen LogP contribution is 1.90. The lowest BCUT2D eigenvalue weighted by Crippen LogP contribution is -2.22. The maximum atomic E-state index is 8.72. The Balaban J connectivity index is 0. The Bertz CT molecular complexity index is 156. The third-order valence-electron chi connectivity index (χ3n) is 1.34. The van der Waals surface area contributed by atoms with Crippen molar-refractivity contribution in [2.45, 2.75) is 33.0 Å². The van der Waals surface area contributed by atoms with E-state index in [1.165, 1.54) is 0 Å². The van der Waals surface area contributed by atoms with Crippen LogP contribution in [-0.4, -0.2) is 48.8 Å². The van der Waals surface area contributed by atoms with Crippen LogP contribution in [0.1, 0.15) is 20.8 Å². The van der Waals surface area contributed by atoms with Gasteiger partial charge in [-0.15, -0.1) is 0 Å². The van der Waals surface area contributed by atoms with Gasteiger partial charge in [0.05, 0.1) is 19.3 Å². The zero-order chi connectivity index (χ0) is 12.1. The minimum atomic E-state index is -0.879. The van der Waals surface area contributed by atoms with Crippen molar-refractivity contribution >= 4 is 0 Å². The topological polar surface area (TPSA) is 82.7 Å². The Morgan fingerprint density at radius 1 is 1.33 bits per heavy atom. The van der Waals surface area contributed by atoms with Gasteiger partial charge in [0.25, 0.3) is 0 Å². The second kappa shape index (κ2) is 13.3. The van der Waals surface area contributed by atoms with E-state index in [0.717, 1.165) is 13.2 Å². The van der Waals surface area contributed by atoms with E-state index in [-0.39, 0.29) is 13.2 Å². The average molecular weight is 219 g/mol. The quantitative estimate of drug-likeness (QED) is 0.672. The average Bonchev–Trinajstić information content (AvgIpc) is 2.27. The zero-order valence-electron chi connectivity index (χ0n) is 9.64. The predicted octanol–water partition coefficient (Wildman–Crippen LogP) is 0.311. The van der Waals surface area contributed by atoms with Gasteiger partial charge in [0.15, 0.2) is 0 Å². The van der Waals surface area contributed by atoms with Crippen LogP contribution in [0.25, 0.3) is 0 Å². The minimum Gasteiger partial charge on any atom is -0.394 e. The van der Waals surface area contributed by atoms with E-state index in [4.69, 9.17) is 24.9 Å². The molecule has 0 saturated heterocycles. The number of nitriles is 1. The fourth-order valence-corrected chi connectivity index (χ4v) is 0.550. The van der Waals surface area contributed by atoms with Gasteiger partial charge < -0.3 is 19.7 Å². The lowest BCUT2D eigenvalue weighted by Gasteiger charge is -2.08. The second-order valence-corrected chi connectivity index (χ2v) is 2.72. The highest BCUT2D eigenvalue weighted by Gasteiger charge is 2.04. The number of aliphatic hydroxyl groups excluding tert-OH is 2. The van der Waals surface area contributed by atoms with Crippen molar-refractivity contribution in [3.8, 4) is 6.07 Å². The summed E-state index contributed by atoms with van der Waals surface area (Å²) < 4.78 is 9.61. The molecule has 0 aliphatic carbocycles. The molecule has 0 aliphatic rings. The SMILES string of the molecule is CC(C#N)OCC(O)CO.CCOCC. The van der Waals surface area contributed by atoms with Crippen LogP contribution in [-0.2, 0) is 9.47 Å². The molecule has 0 amide bonds. The van der Waals surface area contributed by atoms with Crippen LogP contribution in [0.15, 0.2) is 0 Å². The van der Waals surface area contributed by atoms with Gasteiger partial charge in [-0.3, -0.25) is 0 Å². The van der Waals surface area contributed by atoms with Crippen molar-refractivity contribution in [2.75, 3.05) is 26.4 Å². The summed E-state index contributed by atoms with van der Waals surface area (Å²) in [6.07, 6.45) is -1.41. The van der Waals surface area contributed by atoms with E-state index < -0.39 is 12.2 Å². The molecular formula is C10H21NO4.